The van der Waals surface area contributed by atoms with Crippen LogP contribution in [0.1, 0.15) is 24.5 Å². The summed E-state index contributed by atoms with van der Waals surface area (Å²) in [6, 6.07) is 7.08. The van der Waals surface area contributed by atoms with Gasteiger partial charge in [0.05, 0.1) is 12.5 Å². The highest BCUT2D eigenvalue weighted by molar-refractivity contribution is 5.87. The number of likely N-dealkylation sites (N-methyl/N-ethyl adjacent to an activating group) is 1. The van der Waals surface area contributed by atoms with Crippen LogP contribution in [0.5, 0.6) is 0 Å². The minimum absolute atomic E-state index is 0.122. The van der Waals surface area contributed by atoms with Gasteiger partial charge in [0, 0.05) is 13.1 Å². The second-order valence-electron chi connectivity index (χ2n) is 4.62. The third kappa shape index (κ3) is 4.71. The molecule has 0 aromatic heterocycles. The summed E-state index contributed by atoms with van der Waals surface area (Å²) in [7, 11) is 0. The number of benzene rings is 1. The second-order valence-corrected chi connectivity index (χ2v) is 4.62. The lowest BCUT2D eigenvalue weighted by Crippen LogP contribution is -2.45. The Morgan fingerprint density at radius 1 is 1.37 bits per heavy atom. The van der Waals surface area contributed by atoms with E-state index in [1.54, 1.807) is 4.90 Å². The number of rotatable bonds is 6. The molecular weight excluding hydrogens is 242 g/mol. The average Bonchev–Trinajstić information content (AvgIpc) is 2.34. The maximum atomic E-state index is 12.1. The highest BCUT2D eigenvalue weighted by atomic mass is 16.2. The summed E-state index contributed by atoms with van der Waals surface area (Å²) >= 11 is 0. The van der Waals surface area contributed by atoms with Crippen molar-refractivity contribution in [3.05, 3.63) is 35.4 Å². The van der Waals surface area contributed by atoms with Crippen LogP contribution in [-0.2, 0) is 16.1 Å². The van der Waals surface area contributed by atoms with Crippen molar-refractivity contribution in [1.82, 2.24) is 4.90 Å². The molecule has 0 aliphatic carbocycles. The van der Waals surface area contributed by atoms with Gasteiger partial charge in [0.15, 0.2) is 0 Å². The SMILES string of the molecule is CCN(Cc1cccc(C)c1)C(=O)C(N)CC(N)=O. The first-order valence-electron chi connectivity index (χ1n) is 6.32. The first kappa shape index (κ1) is 15.2. The number of carbonyl (C=O) groups excluding carboxylic acids is 2. The summed E-state index contributed by atoms with van der Waals surface area (Å²) in [4.78, 5) is 24.5. The van der Waals surface area contributed by atoms with Gasteiger partial charge in [0.25, 0.3) is 0 Å². The van der Waals surface area contributed by atoms with Crippen molar-refractivity contribution < 1.29 is 9.59 Å². The van der Waals surface area contributed by atoms with Crippen LogP contribution in [0.25, 0.3) is 0 Å². The second kappa shape index (κ2) is 6.89. The third-order valence-corrected chi connectivity index (χ3v) is 2.89. The Hall–Kier alpha value is -1.88. The zero-order valence-corrected chi connectivity index (χ0v) is 11.4. The van der Waals surface area contributed by atoms with Gasteiger partial charge < -0.3 is 16.4 Å². The van der Waals surface area contributed by atoms with Crippen molar-refractivity contribution in [3.8, 4) is 0 Å². The van der Waals surface area contributed by atoms with E-state index in [4.69, 9.17) is 11.5 Å². The summed E-state index contributed by atoms with van der Waals surface area (Å²) < 4.78 is 0. The predicted molar refractivity (Wildman–Crippen MR) is 74.1 cm³/mol. The van der Waals surface area contributed by atoms with E-state index in [2.05, 4.69) is 0 Å². The Morgan fingerprint density at radius 3 is 2.58 bits per heavy atom. The van der Waals surface area contributed by atoms with Crippen LogP contribution < -0.4 is 11.5 Å². The molecule has 1 aromatic carbocycles. The Balaban J connectivity index is 2.72. The molecule has 1 atom stereocenters. The molecule has 0 heterocycles. The summed E-state index contributed by atoms with van der Waals surface area (Å²) in [5, 5.41) is 0. The maximum absolute atomic E-state index is 12.1. The fourth-order valence-electron chi connectivity index (χ4n) is 1.92. The van der Waals surface area contributed by atoms with Crippen LogP contribution in [0.3, 0.4) is 0 Å². The van der Waals surface area contributed by atoms with E-state index in [0.29, 0.717) is 13.1 Å². The van der Waals surface area contributed by atoms with Gasteiger partial charge in [-0.2, -0.15) is 0 Å². The van der Waals surface area contributed by atoms with Crippen molar-refractivity contribution in [2.45, 2.75) is 32.9 Å². The van der Waals surface area contributed by atoms with E-state index in [1.165, 1.54) is 0 Å². The molecule has 0 spiro atoms. The standard InChI is InChI=1S/C14H21N3O2/c1-3-17(14(19)12(15)8-13(16)18)9-11-6-4-5-10(2)7-11/h4-7,12H,3,8-9,15H2,1-2H3,(H2,16,18). The lowest BCUT2D eigenvalue weighted by atomic mass is 10.1. The minimum Gasteiger partial charge on any atom is -0.370 e. The summed E-state index contributed by atoms with van der Waals surface area (Å²) in [5.41, 5.74) is 12.9. The topological polar surface area (TPSA) is 89.4 Å². The number of aryl methyl sites for hydroxylation is 1. The van der Waals surface area contributed by atoms with Crippen LogP contribution in [0.2, 0.25) is 0 Å². The summed E-state index contributed by atoms with van der Waals surface area (Å²) in [5.74, 6) is -0.810. The monoisotopic (exact) mass is 263 g/mol. The normalized spacial score (nSPS) is 11.9. The molecule has 0 fully saturated rings. The van der Waals surface area contributed by atoms with E-state index in [-0.39, 0.29) is 12.3 Å². The zero-order chi connectivity index (χ0) is 14.4. The predicted octanol–water partition coefficient (Wildman–Crippen LogP) is 0.546. The van der Waals surface area contributed by atoms with Crippen molar-refractivity contribution in [2.24, 2.45) is 11.5 Å². The van der Waals surface area contributed by atoms with Gasteiger partial charge >= 0.3 is 0 Å². The number of carbonyl (C=O) groups is 2. The van der Waals surface area contributed by atoms with E-state index >= 15 is 0 Å². The zero-order valence-electron chi connectivity index (χ0n) is 11.4. The van der Waals surface area contributed by atoms with Gasteiger partial charge in [-0.1, -0.05) is 29.8 Å². The lowest BCUT2D eigenvalue weighted by molar-refractivity contribution is -0.135. The molecule has 1 unspecified atom stereocenters. The van der Waals surface area contributed by atoms with Gasteiger partial charge in [-0.15, -0.1) is 0 Å². The molecule has 0 radical (unpaired) electrons. The van der Waals surface area contributed by atoms with E-state index in [1.807, 2.05) is 38.1 Å². The molecule has 0 bridgehead atoms. The van der Waals surface area contributed by atoms with E-state index < -0.39 is 11.9 Å². The summed E-state index contributed by atoms with van der Waals surface area (Å²) in [6.07, 6.45) is -0.122. The molecule has 2 amide bonds. The van der Waals surface area contributed by atoms with Crippen molar-refractivity contribution in [2.75, 3.05) is 6.54 Å². The molecule has 5 heteroatoms. The molecule has 19 heavy (non-hydrogen) atoms. The lowest BCUT2D eigenvalue weighted by Gasteiger charge is -2.24. The van der Waals surface area contributed by atoms with Gasteiger partial charge in [-0.05, 0) is 19.4 Å². The fraction of sp³-hybridized carbons (Fsp3) is 0.429. The Morgan fingerprint density at radius 2 is 2.05 bits per heavy atom. The minimum atomic E-state index is -0.859. The average molecular weight is 263 g/mol. The molecule has 0 aliphatic rings. The molecule has 0 saturated heterocycles. The Kier molecular flexibility index (Phi) is 5.51. The fourth-order valence-corrected chi connectivity index (χ4v) is 1.92. The number of nitrogens with two attached hydrogens (primary N) is 2. The molecule has 5 nitrogen and oxygen atoms in total. The van der Waals surface area contributed by atoms with Crippen LogP contribution in [-0.4, -0.2) is 29.3 Å². The van der Waals surface area contributed by atoms with Gasteiger partial charge in [-0.25, -0.2) is 0 Å². The molecule has 1 aromatic rings. The van der Waals surface area contributed by atoms with Gasteiger partial charge in [-0.3, -0.25) is 9.59 Å². The number of primary amides is 1. The maximum Gasteiger partial charge on any atom is 0.240 e. The van der Waals surface area contributed by atoms with Crippen LogP contribution >= 0.6 is 0 Å². The smallest absolute Gasteiger partial charge is 0.240 e. The molecule has 4 N–H and O–H groups in total. The van der Waals surface area contributed by atoms with Crippen molar-refractivity contribution >= 4 is 11.8 Å². The number of amides is 2. The first-order chi connectivity index (χ1) is 8.93. The molecule has 0 aliphatic heterocycles. The molecule has 0 saturated carbocycles. The third-order valence-electron chi connectivity index (χ3n) is 2.89. The van der Waals surface area contributed by atoms with Crippen LogP contribution in [0, 0.1) is 6.92 Å². The molecular formula is C14H21N3O2. The highest BCUT2D eigenvalue weighted by Gasteiger charge is 2.21. The number of hydrogen-bond acceptors (Lipinski definition) is 3. The Bertz CT molecular complexity index is 460. The van der Waals surface area contributed by atoms with Crippen molar-refractivity contribution in [3.63, 3.8) is 0 Å². The van der Waals surface area contributed by atoms with Gasteiger partial charge in [0.2, 0.25) is 11.8 Å². The number of hydrogen-bond donors (Lipinski definition) is 2. The van der Waals surface area contributed by atoms with Crippen LogP contribution in [0.15, 0.2) is 24.3 Å². The molecule has 104 valence electrons. The first-order valence-corrected chi connectivity index (χ1v) is 6.32. The highest BCUT2D eigenvalue weighted by Crippen LogP contribution is 2.09. The van der Waals surface area contributed by atoms with E-state index in [0.717, 1.165) is 11.1 Å². The summed E-state index contributed by atoms with van der Waals surface area (Å²) in [6.45, 7) is 4.91. The van der Waals surface area contributed by atoms with Crippen LogP contribution in [0.4, 0.5) is 0 Å². The van der Waals surface area contributed by atoms with E-state index in [9.17, 15) is 9.59 Å². The van der Waals surface area contributed by atoms with Crippen molar-refractivity contribution in [1.29, 1.82) is 0 Å². The number of nitrogens with zero attached hydrogens (tertiary/aromatic N) is 1. The quantitative estimate of drug-likeness (QED) is 0.785. The van der Waals surface area contributed by atoms with Gasteiger partial charge in [0.1, 0.15) is 0 Å². The molecule has 1 rings (SSSR count). The largest absolute Gasteiger partial charge is 0.370 e. The Labute approximate surface area is 113 Å².